The van der Waals surface area contributed by atoms with E-state index in [2.05, 4.69) is 20.7 Å². The van der Waals surface area contributed by atoms with Gasteiger partial charge in [-0.05, 0) is 31.4 Å². The van der Waals surface area contributed by atoms with Crippen molar-refractivity contribution in [1.29, 1.82) is 0 Å². The second-order valence-corrected chi connectivity index (χ2v) is 7.68. The molecule has 0 bridgehead atoms. The van der Waals surface area contributed by atoms with Crippen molar-refractivity contribution in [3.05, 3.63) is 17.0 Å². The quantitative estimate of drug-likeness (QED) is 0.775. The van der Waals surface area contributed by atoms with Crippen molar-refractivity contribution >= 4 is 37.3 Å². The lowest BCUT2D eigenvalue weighted by atomic mass is 10.2. The molecular weight excluding hydrogens is 322 g/mol. The highest BCUT2D eigenvalue weighted by Crippen LogP contribution is 2.22. The number of hydrogen-bond acceptors (Lipinski definition) is 3. The van der Waals surface area contributed by atoms with Crippen LogP contribution in [0.5, 0.6) is 0 Å². The van der Waals surface area contributed by atoms with Crippen molar-refractivity contribution < 1.29 is 8.42 Å². The van der Waals surface area contributed by atoms with Gasteiger partial charge in [0.15, 0.2) is 0 Å². The van der Waals surface area contributed by atoms with Gasteiger partial charge >= 0.3 is 0 Å². The predicted octanol–water partition coefficient (Wildman–Crippen LogP) is 3.15. The Hall–Kier alpha value is 0.0900. The van der Waals surface area contributed by atoms with Crippen LogP contribution >= 0.6 is 27.3 Å². The lowest BCUT2D eigenvalue weighted by molar-refractivity contribution is 0.534. The van der Waals surface area contributed by atoms with Crippen LogP contribution in [0.4, 0.5) is 0 Å². The summed E-state index contributed by atoms with van der Waals surface area (Å²) in [5.41, 5.74) is 0. The van der Waals surface area contributed by atoms with Crippen LogP contribution in [0.3, 0.4) is 0 Å². The Morgan fingerprint density at radius 3 is 2.59 bits per heavy atom. The second kappa shape index (κ2) is 6.87. The summed E-state index contributed by atoms with van der Waals surface area (Å²) in [4.78, 5) is 1.10. The number of hydrogen-bond donors (Lipinski definition) is 1. The normalized spacial score (nSPS) is 13.8. The van der Waals surface area contributed by atoms with Gasteiger partial charge in [-0.15, -0.1) is 11.3 Å². The van der Waals surface area contributed by atoms with Crippen LogP contribution in [0.15, 0.2) is 16.3 Å². The molecule has 0 aliphatic heterocycles. The topological polar surface area (TPSA) is 46.2 Å². The maximum absolute atomic E-state index is 12.1. The third-order valence-corrected chi connectivity index (χ3v) is 6.22. The summed E-state index contributed by atoms with van der Waals surface area (Å²) in [5, 5.41) is 0.804. The van der Waals surface area contributed by atoms with Gasteiger partial charge < -0.3 is 0 Å². The minimum absolute atomic E-state index is 0.00607. The van der Waals surface area contributed by atoms with E-state index in [4.69, 9.17) is 0 Å². The van der Waals surface area contributed by atoms with Crippen LogP contribution in [0.2, 0.25) is 0 Å². The van der Waals surface area contributed by atoms with Crippen LogP contribution < -0.4 is 4.72 Å². The monoisotopic (exact) mass is 339 g/mol. The van der Waals surface area contributed by atoms with Crippen molar-refractivity contribution in [3.63, 3.8) is 0 Å². The Labute approximate surface area is 116 Å². The summed E-state index contributed by atoms with van der Waals surface area (Å²) in [7, 11) is -3.34. The average molecular weight is 340 g/mol. The van der Waals surface area contributed by atoms with E-state index in [1.165, 1.54) is 11.3 Å². The number of rotatable bonds is 7. The zero-order valence-electron chi connectivity index (χ0n) is 10.1. The molecule has 1 unspecified atom stereocenters. The summed E-state index contributed by atoms with van der Waals surface area (Å²) in [5.74, 6) is 0. The van der Waals surface area contributed by atoms with Crippen LogP contribution in [-0.4, -0.2) is 19.8 Å². The first kappa shape index (κ1) is 15.1. The Morgan fingerprint density at radius 1 is 1.41 bits per heavy atom. The van der Waals surface area contributed by atoms with Gasteiger partial charge in [0.05, 0.1) is 0 Å². The van der Waals surface area contributed by atoms with Crippen LogP contribution in [0.25, 0.3) is 0 Å². The van der Waals surface area contributed by atoms with E-state index in [1.807, 2.05) is 19.9 Å². The molecule has 0 radical (unpaired) electrons. The Kier molecular flexibility index (Phi) is 6.12. The van der Waals surface area contributed by atoms with Gasteiger partial charge in [-0.3, -0.25) is 0 Å². The zero-order chi connectivity index (χ0) is 12.9. The lowest BCUT2D eigenvalue weighted by Gasteiger charge is -2.14. The molecule has 0 aromatic carbocycles. The summed E-state index contributed by atoms with van der Waals surface area (Å²) >= 11 is 4.69. The van der Waals surface area contributed by atoms with Gasteiger partial charge in [0.2, 0.25) is 10.0 Å². The third kappa shape index (κ3) is 4.35. The van der Waals surface area contributed by atoms with Gasteiger partial charge in [-0.2, -0.15) is 0 Å². The first-order chi connectivity index (χ1) is 8.03. The minimum atomic E-state index is -3.34. The van der Waals surface area contributed by atoms with Gasteiger partial charge in [0.1, 0.15) is 4.21 Å². The molecule has 1 atom stereocenters. The smallest absolute Gasteiger partial charge is 0.207 e. The summed E-state index contributed by atoms with van der Waals surface area (Å²) in [6.45, 7) is 4.01. The van der Waals surface area contributed by atoms with Crippen molar-refractivity contribution in [2.24, 2.45) is 0 Å². The van der Waals surface area contributed by atoms with E-state index in [1.54, 1.807) is 6.07 Å². The fraction of sp³-hybridized carbons (Fsp3) is 0.636. The molecule has 0 saturated carbocycles. The molecule has 1 N–H and O–H groups in total. The molecule has 0 aliphatic carbocycles. The lowest BCUT2D eigenvalue weighted by Crippen LogP contribution is -2.34. The number of alkyl halides is 1. The standard InChI is InChI=1S/C11H18BrNO2S2/c1-3-9(7-8-12)13-17(14,15)11-6-5-10(4-2)16-11/h5-6,9,13H,3-4,7-8H2,1-2H3. The van der Waals surface area contributed by atoms with Crippen molar-refractivity contribution in [3.8, 4) is 0 Å². The van der Waals surface area contributed by atoms with Crippen molar-refractivity contribution in [1.82, 2.24) is 4.72 Å². The number of thiophene rings is 1. The summed E-state index contributed by atoms with van der Waals surface area (Å²) in [6.07, 6.45) is 2.48. The maximum Gasteiger partial charge on any atom is 0.250 e. The number of halogens is 1. The molecule has 17 heavy (non-hydrogen) atoms. The molecule has 1 rings (SSSR count). The van der Waals surface area contributed by atoms with Crippen molar-refractivity contribution in [2.45, 2.75) is 43.4 Å². The number of sulfonamides is 1. The van der Waals surface area contributed by atoms with Crippen molar-refractivity contribution in [2.75, 3.05) is 5.33 Å². The summed E-state index contributed by atoms with van der Waals surface area (Å²) < 4.78 is 27.3. The van der Waals surface area contributed by atoms with E-state index in [0.717, 1.165) is 29.5 Å². The summed E-state index contributed by atoms with van der Waals surface area (Å²) in [6, 6.07) is 3.57. The van der Waals surface area contributed by atoms with Gasteiger partial charge in [-0.1, -0.05) is 29.8 Å². The molecule has 0 spiro atoms. The van der Waals surface area contributed by atoms with Gasteiger partial charge in [0, 0.05) is 16.2 Å². The van der Waals surface area contributed by atoms with E-state index in [0.29, 0.717) is 4.21 Å². The molecule has 1 aromatic rings. The first-order valence-corrected chi connectivity index (χ1v) is 9.12. The molecule has 1 aromatic heterocycles. The Bertz CT molecular complexity index is 442. The van der Waals surface area contributed by atoms with Crippen LogP contribution in [0, 0.1) is 0 Å². The molecule has 0 amide bonds. The van der Waals surface area contributed by atoms with E-state index in [-0.39, 0.29) is 6.04 Å². The number of aryl methyl sites for hydroxylation is 1. The highest BCUT2D eigenvalue weighted by molar-refractivity contribution is 9.09. The minimum Gasteiger partial charge on any atom is -0.207 e. The molecule has 3 nitrogen and oxygen atoms in total. The van der Waals surface area contributed by atoms with E-state index >= 15 is 0 Å². The fourth-order valence-corrected chi connectivity index (χ4v) is 4.67. The molecule has 1 heterocycles. The Balaban J connectivity index is 2.80. The fourth-order valence-electron chi connectivity index (χ4n) is 1.45. The largest absolute Gasteiger partial charge is 0.250 e. The zero-order valence-corrected chi connectivity index (χ0v) is 13.3. The second-order valence-electron chi connectivity index (χ2n) is 3.78. The van der Waals surface area contributed by atoms with E-state index in [9.17, 15) is 8.42 Å². The van der Waals surface area contributed by atoms with Gasteiger partial charge in [0.25, 0.3) is 0 Å². The number of nitrogens with one attached hydrogen (secondary N) is 1. The van der Waals surface area contributed by atoms with Crippen LogP contribution in [-0.2, 0) is 16.4 Å². The predicted molar refractivity (Wildman–Crippen MR) is 76.5 cm³/mol. The van der Waals surface area contributed by atoms with E-state index < -0.39 is 10.0 Å². The highest BCUT2D eigenvalue weighted by Gasteiger charge is 2.20. The SMILES string of the molecule is CCc1ccc(S(=O)(=O)NC(CC)CCBr)s1. The Morgan fingerprint density at radius 2 is 2.12 bits per heavy atom. The molecule has 0 aliphatic rings. The first-order valence-electron chi connectivity index (χ1n) is 5.70. The molecule has 6 heteroatoms. The average Bonchev–Trinajstić information content (AvgIpc) is 2.77. The highest BCUT2D eigenvalue weighted by atomic mass is 79.9. The molecule has 0 saturated heterocycles. The molecular formula is C11H18BrNO2S2. The maximum atomic E-state index is 12.1. The van der Waals surface area contributed by atoms with Gasteiger partial charge in [-0.25, -0.2) is 13.1 Å². The molecule has 98 valence electrons. The molecule has 0 fully saturated rings. The third-order valence-electron chi connectivity index (χ3n) is 2.52. The van der Waals surface area contributed by atoms with Crippen LogP contribution in [0.1, 0.15) is 31.6 Å².